The Morgan fingerprint density at radius 2 is 1.26 bits per heavy atom. The lowest BCUT2D eigenvalue weighted by molar-refractivity contribution is -0.119. The van der Waals surface area contributed by atoms with Gasteiger partial charge < -0.3 is 5.32 Å². The van der Waals surface area contributed by atoms with E-state index in [2.05, 4.69) is 69.4 Å². The third-order valence-corrected chi connectivity index (χ3v) is 4.64. The predicted octanol–water partition coefficient (Wildman–Crippen LogP) is 4.33. The van der Waals surface area contributed by atoms with E-state index in [1.54, 1.807) is 0 Å². The number of rotatable bonds is 3. The van der Waals surface area contributed by atoms with E-state index in [1.807, 2.05) is 0 Å². The average molecular weight is 307 g/mol. The van der Waals surface area contributed by atoms with Crippen molar-refractivity contribution in [2.24, 2.45) is 0 Å². The van der Waals surface area contributed by atoms with Gasteiger partial charge in [0.2, 0.25) is 5.91 Å². The molecule has 1 heterocycles. The molecule has 0 unspecified atom stereocenters. The van der Waals surface area contributed by atoms with Gasteiger partial charge in [0.05, 0.1) is 0 Å². The van der Waals surface area contributed by atoms with Crippen LogP contribution in [0.25, 0.3) is 0 Å². The average Bonchev–Trinajstić information content (AvgIpc) is 2.83. The Balaban J connectivity index is 2.11. The van der Waals surface area contributed by atoms with Gasteiger partial charge in [-0.15, -0.1) is 0 Å². The second-order valence-corrected chi connectivity index (χ2v) is 7.03. The highest BCUT2D eigenvalue weighted by Gasteiger charge is 2.31. The van der Waals surface area contributed by atoms with Crippen molar-refractivity contribution >= 4 is 5.91 Å². The largest absolute Gasteiger partial charge is 0.352 e. The Morgan fingerprint density at radius 3 is 1.61 bits per heavy atom. The zero-order valence-electron chi connectivity index (χ0n) is 14.4. The van der Waals surface area contributed by atoms with Crippen LogP contribution in [0.3, 0.4) is 0 Å². The standard InChI is InChI=1S/C21H25NO/c1-13-7-14(2)10-17(9-13)21(19-5-6-20(23)22-19)18-11-15(3)8-16(4)12-18/h7-12,19,21H,5-6H2,1-4H3,(H,22,23)/t19-/m0/s1. The summed E-state index contributed by atoms with van der Waals surface area (Å²) in [6.07, 6.45) is 1.54. The van der Waals surface area contributed by atoms with Crippen LogP contribution in [-0.4, -0.2) is 11.9 Å². The van der Waals surface area contributed by atoms with Gasteiger partial charge in [-0.1, -0.05) is 58.7 Å². The number of hydrogen-bond acceptors (Lipinski definition) is 1. The Morgan fingerprint density at radius 1 is 0.826 bits per heavy atom. The summed E-state index contributed by atoms with van der Waals surface area (Å²) in [5.41, 5.74) is 7.72. The Hall–Kier alpha value is -2.09. The topological polar surface area (TPSA) is 29.1 Å². The molecule has 1 atom stereocenters. The van der Waals surface area contributed by atoms with E-state index in [0.717, 1.165) is 6.42 Å². The van der Waals surface area contributed by atoms with E-state index in [-0.39, 0.29) is 17.9 Å². The SMILES string of the molecule is Cc1cc(C)cc(C(c2cc(C)cc(C)c2)[C@@H]2CCC(=O)N2)c1. The monoisotopic (exact) mass is 307 g/mol. The predicted molar refractivity (Wildman–Crippen MR) is 94.8 cm³/mol. The minimum Gasteiger partial charge on any atom is -0.352 e. The van der Waals surface area contributed by atoms with Crippen molar-refractivity contribution in [1.29, 1.82) is 0 Å². The van der Waals surface area contributed by atoms with Crippen LogP contribution in [0, 0.1) is 27.7 Å². The first-order valence-electron chi connectivity index (χ1n) is 8.38. The fourth-order valence-electron chi connectivity index (χ4n) is 3.92. The summed E-state index contributed by atoms with van der Waals surface area (Å²) in [5.74, 6) is 0.396. The molecule has 0 aliphatic carbocycles. The third kappa shape index (κ3) is 3.47. The molecule has 2 heteroatoms. The number of aryl methyl sites for hydroxylation is 4. The summed E-state index contributed by atoms with van der Waals surface area (Å²) in [6, 6.07) is 13.6. The highest BCUT2D eigenvalue weighted by molar-refractivity contribution is 5.78. The van der Waals surface area contributed by atoms with Crippen molar-refractivity contribution in [3.63, 3.8) is 0 Å². The maximum Gasteiger partial charge on any atom is 0.220 e. The lowest BCUT2D eigenvalue weighted by Crippen LogP contribution is -2.32. The number of carbonyl (C=O) groups is 1. The molecule has 1 N–H and O–H groups in total. The van der Waals surface area contributed by atoms with E-state index in [4.69, 9.17) is 0 Å². The zero-order chi connectivity index (χ0) is 16.6. The third-order valence-electron chi connectivity index (χ3n) is 4.64. The van der Waals surface area contributed by atoms with Gasteiger partial charge in [0.1, 0.15) is 0 Å². The van der Waals surface area contributed by atoms with Gasteiger partial charge in [0.15, 0.2) is 0 Å². The number of nitrogens with one attached hydrogen (secondary N) is 1. The fourth-order valence-corrected chi connectivity index (χ4v) is 3.92. The molecule has 3 rings (SSSR count). The second kappa shape index (κ2) is 6.19. The molecule has 0 spiro atoms. The van der Waals surface area contributed by atoms with Gasteiger partial charge in [0.25, 0.3) is 0 Å². The van der Waals surface area contributed by atoms with E-state index < -0.39 is 0 Å². The van der Waals surface area contributed by atoms with Crippen molar-refractivity contribution < 1.29 is 4.79 Å². The molecular formula is C21H25NO. The first kappa shape index (κ1) is 15.8. The Labute approximate surface area is 138 Å². The molecule has 2 nitrogen and oxygen atoms in total. The van der Waals surface area contributed by atoms with Gasteiger partial charge in [-0.3, -0.25) is 4.79 Å². The molecular weight excluding hydrogens is 282 g/mol. The molecule has 2 aromatic rings. The van der Waals surface area contributed by atoms with Crippen molar-refractivity contribution in [3.05, 3.63) is 69.8 Å². The summed E-state index contributed by atoms with van der Waals surface area (Å²) in [7, 11) is 0. The minimum absolute atomic E-state index is 0.175. The molecule has 1 saturated heterocycles. The molecule has 0 saturated carbocycles. The highest BCUT2D eigenvalue weighted by atomic mass is 16.1. The summed E-state index contributed by atoms with van der Waals surface area (Å²) >= 11 is 0. The quantitative estimate of drug-likeness (QED) is 0.898. The zero-order valence-corrected chi connectivity index (χ0v) is 14.4. The van der Waals surface area contributed by atoms with Crippen LogP contribution in [0.5, 0.6) is 0 Å². The Kier molecular flexibility index (Phi) is 4.25. The summed E-state index contributed by atoms with van der Waals surface area (Å²) in [4.78, 5) is 11.8. The molecule has 1 aliphatic heterocycles. The highest BCUT2D eigenvalue weighted by Crippen LogP contribution is 2.34. The number of amides is 1. The maximum atomic E-state index is 11.8. The summed E-state index contributed by atoms with van der Waals surface area (Å²) in [6.45, 7) is 8.56. The Bertz CT molecular complexity index is 656. The van der Waals surface area contributed by atoms with Crippen LogP contribution in [0.2, 0.25) is 0 Å². The summed E-state index contributed by atoms with van der Waals surface area (Å²) < 4.78 is 0. The van der Waals surface area contributed by atoms with Crippen molar-refractivity contribution in [3.8, 4) is 0 Å². The molecule has 120 valence electrons. The number of carbonyl (C=O) groups excluding carboxylic acids is 1. The molecule has 23 heavy (non-hydrogen) atoms. The van der Waals surface area contributed by atoms with Crippen molar-refractivity contribution in [2.75, 3.05) is 0 Å². The van der Waals surface area contributed by atoms with Crippen LogP contribution in [-0.2, 0) is 4.79 Å². The fraction of sp³-hybridized carbons (Fsp3) is 0.381. The van der Waals surface area contributed by atoms with Crippen LogP contribution in [0.1, 0.15) is 52.1 Å². The molecule has 0 aromatic heterocycles. The van der Waals surface area contributed by atoms with Gasteiger partial charge in [0, 0.05) is 18.4 Å². The molecule has 0 bridgehead atoms. The first-order valence-corrected chi connectivity index (χ1v) is 8.38. The van der Waals surface area contributed by atoms with Crippen LogP contribution < -0.4 is 5.32 Å². The lowest BCUT2D eigenvalue weighted by Gasteiger charge is -2.26. The normalized spacial score (nSPS) is 17.6. The minimum atomic E-state index is 0.175. The smallest absolute Gasteiger partial charge is 0.220 e. The van der Waals surface area contributed by atoms with Crippen molar-refractivity contribution in [2.45, 2.75) is 52.5 Å². The van der Waals surface area contributed by atoms with Crippen LogP contribution in [0.4, 0.5) is 0 Å². The van der Waals surface area contributed by atoms with Gasteiger partial charge in [-0.2, -0.15) is 0 Å². The lowest BCUT2D eigenvalue weighted by atomic mass is 9.82. The molecule has 1 fully saturated rings. The van der Waals surface area contributed by atoms with E-state index in [1.165, 1.54) is 33.4 Å². The number of benzene rings is 2. The van der Waals surface area contributed by atoms with Gasteiger partial charge in [-0.05, 0) is 45.2 Å². The van der Waals surface area contributed by atoms with Gasteiger partial charge >= 0.3 is 0 Å². The molecule has 1 aliphatic rings. The molecule has 1 amide bonds. The van der Waals surface area contributed by atoms with Gasteiger partial charge in [-0.25, -0.2) is 0 Å². The molecule has 0 radical (unpaired) electrons. The first-order chi connectivity index (χ1) is 10.9. The van der Waals surface area contributed by atoms with E-state index in [9.17, 15) is 4.79 Å². The van der Waals surface area contributed by atoms with Crippen LogP contribution in [0.15, 0.2) is 36.4 Å². The van der Waals surface area contributed by atoms with Crippen LogP contribution >= 0.6 is 0 Å². The summed E-state index contributed by atoms with van der Waals surface area (Å²) in [5, 5.41) is 3.19. The van der Waals surface area contributed by atoms with Crippen molar-refractivity contribution in [1.82, 2.24) is 5.32 Å². The molecule has 2 aromatic carbocycles. The van der Waals surface area contributed by atoms with E-state index >= 15 is 0 Å². The number of hydrogen-bond donors (Lipinski definition) is 1. The van der Waals surface area contributed by atoms with E-state index in [0.29, 0.717) is 6.42 Å². The maximum absolute atomic E-state index is 11.8. The second-order valence-electron chi connectivity index (χ2n) is 7.03.